The van der Waals surface area contributed by atoms with Gasteiger partial charge >= 0.3 is 0 Å². The molecule has 0 aromatic heterocycles. The topological polar surface area (TPSA) is 73.6 Å². The Labute approximate surface area is 127 Å². The van der Waals surface area contributed by atoms with Gasteiger partial charge in [-0.05, 0) is 52.9 Å². The second-order valence-corrected chi connectivity index (χ2v) is 7.41. The molecule has 0 radical (unpaired) electrons. The monoisotopic (exact) mass is 298 g/mol. The van der Waals surface area contributed by atoms with Crippen molar-refractivity contribution >= 4 is 5.91 Å². The quantitative estimate of drug-likeness (QED) is 0.702. The molecule has 2 saturated carbocycles. The Hall–Kier alpha value is -0.650. The zero-order valence-electron chi connectivity index (χ0n) is 13.6. The van der Waals surface area contributed by atoms with Crippen LogP contribution in [-0.4, -0.2) is 42.4 Å². The number of hydrogen-bond acceptors (Lipinski definition) is 4. The second-order valence-electron chi connectivity index (χ2n) is 7.41. The van der Waals surface area contributed by atoms with E-state index in [2.05, 4.69) is 5.32 Å². The highest BCUT2D eigenvalue weighted by Crippen LogP contribution is 2.33. The van der Waals surface area contributed by atoms with E-state index in [4.69, 9.17) is 15.2 Å². The highest BCUT2D eigenvalue weighted by atomic mass is 16.5. The molecule has 2 unspecified atom stereocenters. The van der Waals surface area contributed by atoms with Crippen molar-refractivity contribution in [3.63, 3.8) is 0 Å². The molecule has 0 saturated heterocycles. The van der Waals surface area contributed by atoms with E-state index in [1.54, 1.807) is 0 Å². The van der Waals surface area contributed by atoms with Gasteiger partial charge in [0.15, 0.2) is 0 Å². The molecule has 2 aliphatic carbocycles. The third-order valence-corrected chi connectivity index (χ3v) is 4.21. The highest BCUT2D eigenvalue weighted by Gasteiger charge is 2.44. The molecule has 1 amide bonds. The van der Waals surface area contributed by atoms with Crippen LogP contribution < -0.4 is 11.1 Å². The van der Waals surface area contributed by atoms with E-state index in [0.29, 0.717) is 25.7 Å². The molecule has 5 nitrogen and oxygen atoms in total. The molecule has 0 aliphatic heterocycles. The van der Waals surface area contributed by atoms with E-state index in [1.165, 1.54) is 0 Å². The lowest BCUT2D eigenvalue weighted by molar-refractivity contribution is -0.129. The maximum absolute atomic E-state index is 11.9. The predicted octanol–water partition coefficient (Wildman–Crippen LogP) is 1.74. The summed E-state index contributed by atoms with van der Waals surface area (Å²) in [6.07, 6.45) is 5.90. The Kier molecular flexibility index (Phi) is 5.28. The normalized spacial score (nSPS) is 30.3. The SMILES string of the molecule is CC(C)(C)OCCOC1CCCC(NC2CC2)(C(N)=O)C1. The maximum atomic E-state index is 11.9. The van der Waals surface area contributed by atoms with E-state index < -0.39 is 5.54 Å². The van der Waals surface area contributed by atoms with Crippen molar-refractivity contribution in [1.82, 2.24) is 5.32 Å². The van der Waals surface area contributed by atoms with Gasteiger partial charge in [-0.2, -0.15) is 0 Å². The summed E-state index contributed by atoms with van der Waals surface area (Å²) >= 11 is 0. The summed E-state index contributed by atoms with van der Waals surface area (Å²) in [4.78, 5) is 11.9. The minimum Gasteiger partial charge on any atom is -0.376 e. The molecule has 0 bridgehead atoms. The number of nitrogens with one attached hydrogen (secondary N) is 1. The van der Waals surface area contributed by atoms with Crippen LogP contribution >= 0.6 is 0 Å². The first-order chi connectivity index (χ1) is 9.81. The first-order valence-electron chi connectivity index (χ1n) is 8.14. The smallest absolute Gasteiger partial charge is 0.237 e. The number of ether oxygens (including phenoxy) is 2. The van der Waals surface area contributed by atoms with Crippen molar-refractivity contribution in [2.24, 2.45) is 5.73 Å². The molecule has 3 N–H and O–H groups in total. The molecule has 2 rings (SSSR count). The zero-order valence-corrected chi connectivity index (χ0v) is 13.6. The first-order valence-corrected chi connectivity index (χ1v) is 8.14. The number of amides is 1. The van der Waals surface area contributed by atoms with Gasteiger partial charge in [-0.3, -0.25) is 4.79 Å². The Morgan fingerprint density at radius 3 is 2.57 bits per heavy atom. The third kappa shape index (κ3) is 5.24. The van der Waals surface area contributed by atoms with Crippen molar-refractivity contribution in [2.45, 2.75) is 82.6 Å². The number of primary amides is 1. The average Bonchev–Trinajstić information content (AvgIpc) is 3.18. The summed E-state index contributed by atoms with van der Waals surface area (Å²) in [5.74, 6) is -0.228. The van der Waals surface area contributed by atoms with Gasteiger partial charge in [-0.1, -0.05) is 0 Å². The minimum absolute atomic E-state index is 0.0982. The molecule has 5 heteroatoms. The Morgan fingerprint density at radius 1 is 1.29 bits per heavy atom. The maximum Gasteiger partial charge on any atom is 0.237 e. The molecule has 0 spiro atoms. The van der Waals surface area contributed by atoms with Gasteiger partial charge in [0.05, 0.1) is 24.9 Å². The number of carbonyl (C=O) groups is 1. The molecule has 122 valence electrons. The Morgan fingerprint density at radius 2 is 2.00 bits per heavy atom. The second kappa shape index (κ2) is 6.63. The van der Waals surface area contributed by atoms with Gasteiger partial charge in [0.25, 0.3) is 0 Å². The van der Waals surface area contributed by atoms with E-state index in [9.17, 15) is 4.79 Å². The van der Waals surface area contributed by atoms with Crippen LogP contribution in [0.4, 0.5) is 0 Å². The third-order valence-electron chi connectivity index (χ3n) is 4.21. The molecular weight excluding hydrogens is 268 g/mol. The van der Waals surface area contributed by atoms with Crippen molar-refractivity contribution in [3.8, 4) is 0 Å². The van der Waals surface area contributed by atoms with Crippen LogP contribution in [-0.2, 0) is 14.3 Å². The summed E-state index contributed by atoms with van der Waals surface area (Å²) in [5.41, 5.74) is 4.97. The van der Waals surface area contributed by atoms with Gasteiger partial charge < -0.3 is 20.5 Å². The van der Waals surface area contributed by atoms with E-state index >= 15 is 0 Å². The molecular formula is C16H30N2O3. The fourth-order valence-electron chi connectivity index (χ4n) is 2.97. The summed E-state index contributed by atoms with van der Waals surface area (Å²) in [7, 11) is 0. The number of rotatable bonds is 7. The molecule has 0 aromatic rings. The summed E-state index contributed by atoms with van der Waals surface area (Å²) in [6, 6.07) is 0.473. The van der Waals surface area contributed by atoms with Crippen LogP contribution in [0.25, 0.3) is 0 Å². The lowest BCUT2D eigenvalue weighted by Gasteiger charge is -2.39. The van der Waals surface area contributed by atoms with Crippen LogP contribution in [0.2, 0.25) is 0 Å². The van der Waals surface area contributed by atoms with Crippen molar-refractivity contribution < 1.29 is 14.3 Å². The largest absolute Gasteiger partial charge is 0.376 e. The van der Waals surface area contributed by atoms with Crippen molar-refractivity contribution in [2.75, 3.05) is 13.2 Å². The molecule has 0 aromatic carbocycles. The van der Waals surface area contributed by atoms with Crippen LogP contribution in [0.1, 0.15) is 59.3 Å². The van der Waals surface area contributed by atoms with Crippen LogP contribution in [0, 0.1) is 0 Å². The zero-order chi connectivity index (χ0) is 15.5. The Bertz CT molecular complexity index is 363. The highest BCUT2D eigenvalue weighted by molar-refractivity contribution is 5.85. The number of nitrogens with two attached hydrogens (primary N) is 1. The number of hydrogen-bond donors (Lipinski definition) is 2. The molecule has 2 atom stereocenters. The lowest BCUT2D eigenvalue weighted by Crippen LogP contribution is -2.59. The standard InChI is InChI=1S/C16H30N2O3/c1-15(2,3)21-10-9-20-13-5-4-8-16(11-13,14(17)19)18-12-6-7-12/h12-13,18H,4-11H2,1-3H3,(H2,17,19). The molecule has 2 aliphatic rings. The predicted molar refractivity (Wildman–Crippen MR) is 82.0 cm³/mol. The van der Waals surface area contributed by atoms with Crippen LogP contribution in [0.15, 0.2) is 0 Å². The van der Waals surface area contributed by atoms with Gasteiger partial charge in [0.2, 0.25) is 5.91 Å². The molecule has 2 fully saturated rings. The summed E-state index contributed by atoms with van der Waals surface area (Å²) < 4.78 is 11.6. The fraction of sp³-hybridized carbons (Fsp3) is 0.938. The van der Waals surface area contributed by atoms with Gasteiger partial charge in [0, 0.05) is 12.5 Å². The van der Waals surface area contributed by atoms with E-state index in [1.807, 2.05) is 20.8 Å². The van der Waals surface area contributed by atoms with Gasteiger partial charge in [0.1, 0.15) is 5.54 Å². The Balaban J connectivity index is 1.80. The summed E-state index contributed by atoms with van der Waals surface area (Å²) in [5, 5.41) is 3.46. The fourth-order valence-corrected chi connectivity index (χ4v) is 2.97. The van der Waals surface area contributed by atoms with Crippen LogP contribution in [0.3, 0.4) is 0 Å². The minimum atomic E-state index is -0.561. The molecule has 0 heterocycles. The van der Waals surface area contributed by atoms with Gasteiger partial charge in [-0.25, -0.2) is 0 Å². The van der Waals surface area contributed by atoms with Crippen molar-refractivity contribution in [3.05, 3.63) is 0 Å². The average molecular weight is 298 g/mol. The lowest BCUT2D eigenvalue weighted by atomic mass is 9.79. The van der Waals surface area contributed by atoms with E-state index in [0.717, 1.165) is 32.1 Å². The van der Waals surface area contributed by atoms with Crippen molar-refractivity contribution in [1.29, 1.82) is 0 Å². The number of carbonyl (C=O) groups excluding carboxylic acids is 1. The summed E-state index contributed by atoms with van der Waals surface area (Å²) in [6.45, 7) is 7.25. The van der Waals surface area contributed by atoms with Crippen LogP contribution in [0.5, 0.6) is 0 Å². The van der Waals surface area contributed by atoms with Gasteiger partial charge in [-0.15, -0.1) is 0 Å². The first kappa shape index (κ1) is 16.7. The van der Waals surface area contributed by atoms with E-state index in [-0.39, 0.29) is 17.6 Å². The molecule has 21 heavy (non-hydrogen) atoms.